The van der Waals surface area contributed by atoms with Crippen molar-refractivity contribution in [2.24, 2.45) is 0 Å². The van der Waals surface area contributed by atoms with Crippen molar-refractivity contribution in [3.8, 4) is 0 Å². The van der Waals surface area contributed by atoms with E-state index in [9.17, 15) is 9.90 Å². The maximum Gasteiger partial charge on any atom is 0.196 e. The van der Waals surface area contributed by atoms with Crippen LogP contribution in [-0.4, -0.2) is 5.11 Å². The third kappa shape index (κ3) is 1.94. The van der Waals surface area contributed by atoms with E-state index < -0.39 is 0 Å². The Labute approximate surface area is 121 Å². The van der Waals surface area contributed by atoms with Crippen LogP contribution in [0.15, 0.2) is 41.2 Å². The molecule has 0 radical (unpaired) electrons. The quantitative estimate of drug-likeness (QED) is 0.721. The van der Waals surface area contributed by atoms with Gasteiger partial charge in [0.15, 0.2) is 5.43 Å². The summed E-state index contributed by atoms with van der Waals surface area (Å²) in [5.74, 6) is 0.284. The van der Waals surface area contributed by atoms with Gasteiger partial charge in [-0.3, -0.25) is 4.79 Å². The van der Waals surface area contributed by atoms with Crippen LogP contribution in [0, 0.1) is 0 Å². The van der Waals surface area contributed by atoms with E-state index in [1.807, 2.05) is 36.4 Å². The van der Waals surface area contributed by atoms with E-state index in [4.69, 9.17) is 0 Å². The van der Waals surface area contributed by atoms with Gasteiger partial charge in [-0.15, -0.1) is 11.3 Å². The fraction of sp³-hybridized carbons (Fsp3) is 0.235. The third-order valence-electron chi connectivity index (χ3n) is 3.63. The Morgan fingerprint density at radius 3 is 2.60 bits per heavy atom. The topological polar surface area (TPSA) is 37.3 Å². The van der Waals surface area contributed by atoms with Crippen molar-refractivity contribution in [2.75, 3.05) is 0 Å². The monoisotopic (exact) mass is 284 g/mol. The van der Waals surface area contributed by atoms with Crippen molar-refractivity contribution in [2.45, 2.75) is 26.4 Å². The van der Waals surface area contributed by atoms with Crippen LogP contribution in [0.1, 0.15) is 30.9 Å². The van der Waals surface area contributed by atoms with Crippen LogP contribution in [0.5, 0.6) is 0 Å². The molecule has 0 saturated heterocycles. The molecule has 102 valence electrons. The fourth-order valence-corrected chi connectivity index (χ4v) is 3.80. The minimum absolute atomic E-state index is 0.0385. The second-order valence-corrected chi connectivity index (χ2v) is 6.31. The number of fused-ring (bicyclic) bond motifs is 2. The normalized spacial score (nSPS) is 11.6. The van der Waals surface area contributed by atoms with E-state index in [1.165, 1.54) is 0 Å². The Balaban J connectivity index is 2.59. The molecule has 1 aromatic heterocycles. The molecule has 3 aromatic rings. The summed E-state index contributed by atoms with van der Waals surface area (Å²) in [7, 11) is 0. The van der Waals surface area contributed by atoms with Crippen molar-refractivity contribution in [1.29, 1.82) is 0 Å². The summed E-state index contributed by atoms with van der Waals surface area (Å²) in [6.45, 7) is 4.14. The van der Waals surface area contributed by atoms with Gasteiger partial charge in [0.05, 0.1) is 6.61 Å². The summed E-state index contributed by atoms with van der Waals surface area (Å²) >= 11 is 1.59. The number of hydrogen-bond acceptors (Lipinski definition) is 3. The maximum atomic E-state index is 12.8. The molecular formula is C17H16O2S. The van der Waals surface area contributed by atoms with E-state index >= 15 is 0 Å². The molecule has 2 nitrogen and oxygen atoms in total. The molecule has 3 rings (SSSR count). The van der Waals surface area contributed by atoms with E-state index in [0.717, 1.165) is 31.3 Å². The predicted molar refractivity (Wildman–Crippen MR) is 85.6 cm³/mol. The summed E-state index contributed by atoms with van der Waals surface area (Å²) in [4.78, 5) is 12.8. The van der Waals surface area contributed by atoms with Gasteiger partial charge in [-0.2, -0.15) is 0 Å². The van der Waals surface area contributed by atoms with Crippen molar-refractivity contribution in [1.82, 2.24) is 0 Å². The van der Waals surface area contributed by atoms with Gasteiger partial charge in [0.25, 0.3) is 0 Å². The average molecular weight is 284 g/mol. The number of benzene rings is 2. The van der Waals surface area contributed by atoms with Crippen molar-refractivity contribution < 1.29 is 5.11 Å². The Hall–Kier alpha value is -1.71. The van der Waals surface area contributed by atoms with Crippen LogP contribution in [0.4, 0.5) is 0 Å². The highest BCUT2D eigenvalue weighted by molar-refractivity contribution is 7.24. The molecule has 20 heavy (non-hydrogen) atoms. The van der Waals surface area contributed by atoms with Crippen LogP contribution >= 0.6 is 11.3 Å². The third-order valence-corrected chi connectivity index (χ3v) is 4.88. The zero-order valence-electron chi connectivity index (χ0n) is 11.5. The molecule has 0 unspecified atom stereocenters. The van der Waals surface area contributed by atoms with Gasteiger partial charge in [-0.05, 0) is 29.2 Å². The van der Waals surface area contributed by atoms with Crippen LogP contribution in [-0.2, 0) is 6.61 Å². The molecule has 0 aliphatic carbocycles. The van der Waals surface area contributed by atoms with Gasteiger partial charge in [0.2, 0.25) is 0 Å². The number of aliphatic hydroxyl groups is 1. The Morgan fingerprint density at radius 2 is 1.90 bits per heavy atom. The van der Waals surface area contributed by atoms with Crippen LogP contribution in [0.25, 0.3) is 20.2 Å². The molecule has 0 saturated carbocycles. The molecule has 0 atom stereocenters. The molecule has 1 N–H and O–H groups in total. The second-order valence-electron chi connectivity index (χ2n) is 5.26. The standard InChI is InChI=1S/C17H16O2S/c1-10(2)12-8-7-11(9-18)17-15(12)16(19)13-5-3-4-6-14(13)20-17/h3-8,10,18H,9H2,1-2H3. The first-order chi connectivity index (χ1) is 9.63. The number of hydrogen-bond donors (Lipinski definition) is 1. The number of rotatable bonds is 2. The maximum absolute atomic E-state index is 12.8. The van der Waals surface area contributed by atoms with Gasteiger partial charge in [0, 0.05) is 20.2 Å². The Bertz CT molecular complexity index is 847. The predicted octanol–water partition coefficient (Wildman–Crippen LogP) is 4.03. The molecule has 3 heteroatoms. The van der Waals surface area contributed by atoms with Crippen molar-refractivity contribution in [3.05, 3.63) is 57.7 Å². The Kier molecular flexibility index (Phi) is 3.32. The van der Waals surface area contributed by atoms with E-state index in [0.29, 0.717) is 0 Å². The van der Waals surface area contributed by atoms with Crippen molar-refractivity contribution >= 4 is 31.5 Å². The van der Waals surface area contributed by atoms with E-state index in [2.05, 4.69) is 13.8 Å². The first-order valence-electron chi connectivity index (χ1n) is 6.71. The van der Waals surface area contributed by atoms with Gasteiger partial charge in [-0.25, -0.2) is 0 Å². The van der Waals surface area contributed by atoms with Crippen LogP contribution in [0.3, 0.4) is 0 Å². The van der Waals surface area contributed by atoms with Gasteiger partial charge in [0.1, 0.15) is 0 Å². The lowest BCUT2D eigenvalue weighted by Crippen LogP contribution is -2.06. The molecule has 2 aromatic carbocycles. The summed E-state index contributed by atoms with van der Waals surface area (Å²) in [5.41, 5.74) is 1.97. The molecule has 0 aliphatic heterocycles. The van der Waals surface area contributed by atoms with Gasteiger partial charge >= 0.3 is 0 Å². The molecule has 0 spiro atoms. The summed E-state index contributed by atoms with van der Waals surface area (Å²) < 4.78 is 1.89. The van der Waals surface area contributed by atoms with Crippen LogP contribution in [0.2, 0.25) is 0 Å². The first kappa shape index (κ1) is 13.3. The lowest BCUT2D eigenvalue weighted by molar-refractivity contribution is 0.283. The van der Waals surface area contributed by atoms with Crippen molar-refractivity contribution in [3.63, 3.8) is 0 Å². The minimum atomic E-state index is -0.0385. The largest absolute Gasteiger partial charge is 0.392 e. The molecule has 0 bridgehead atoms. The lowest BCUT2D eigenvalue weighted by atomic mass is 9.96. The summed E-state index contributed by atoms with van der Waals surface area (Å²) in [6, 6.07) is 11.6. The molecule has 0 amide bonds. The fourth-order valence-electron chi connectivity index (χ4n) is 2.59. The highest BCUT2D eigenvalue weighted by Gasteiger charge is 2.14. The summed E-state index contributed by atoms with van der Waals surface area (Å²) in [6.07, 6.45) is 0. The van der Waals surface area contributed by atoms with E-state index in [1.54, 1.807) is 11.3 Å². The van der Waals surface area contributed by atoms with Gasteiger partial charge < -0.3 is 5.11 Å². The zero-order chi connectivity index (χ0) is 14.3. The minimum Gasteiger partial charge on any atom is -0.392 e. The molecule has 1 heterocycles. The van der Waals surface area contributed by atoms with Crippen LogP contribution < -0.4 is 5.43 Å². The highest BCUT2D eigenvalue weighted by Crippen LogP contribution is 2.32. The van der Waals surface area contributed by atoms with Gasteiger partial charge in [-0.1, -0.05) is 38.1 Å². The SMILES string of the molecule is CC(C)c1ccc(CO)c2sc3ccccc3c(=O)c12. The lowest BCUT2D eigenvalue weighted by Gasteiger charge is -2.12. The smallest absolute Gasteiger partial charge is 0.196 e. The Morgan fingerprint density at radius 1 is 1.15 bits per heavy atom. The second kappa shape index (κ2) is 5.00. The summed E-state index contributed by atoms with van der Waals surface area (Å²) in [5, 5.41) is 11.1. The molecule has 0 aliphatic rings. The molecule has 0 fully saturated rings. The first-order valence-corrected chi connectivity index (χ1v) is 7.53. The van der Waals surface area contributed by atoms with E-state index in [-0.39, 0.29) is 18.0 Å². The highest BCUT2D eigenvalue weighted by atomic mass is 32.1. The number of aliphatic hydroxyl groups excluding tert-OH is 1. The zero-order valence-corrected chi connectivity index (χ0v) is 12.3. The average Bonchev–Trinajstić information content (AvgIpc) is 2.46. The molecular weight excluding hydrogens is 268 g/mol.